The normalized spacial score (nSPS) is 11.0. The lowest BCUT2D eigenvalue weighted by molar-refractivity contribution is 0.719. The third-order valence-corrected chi connectivity index (χ3v) is 3.92. The summed E-state index contributed by atoms with van der Waals surface area (Å²) in [6.07, 6.45) is 0. The summed E-state index contributed by atoms with van der Waals surface area (Å²) >= 11 is 5.01. The van der Waals surface area contributed by atoms with E-state index in [2.05, 4.69) is 37.5 Å². The van der Waals surface area contributed by atoms with E-state index in [4.69, 9.17) is 5.26 Å². The first-order valence-corrected chi connectivity index (χ1v) is 6.95. The summed E-state index contributed by atoms with van der Waals surface area (Å²) in [5, 5.41) is 22.2. The largest absolute Gasteiger partial charge is 0.351 e. The van der Waals surface area contributed by atoms with Crippen LogP contribution in [0.25, 0.3) is 10.6 Å². The smallest absolute Gasteiger partial charge is 0.149 e. The van der Waals surface area contributed by atoms with Gasteiger partial charge < -0.3 is 5.32 Å². The lowest BCUT2D eigenvalue weighted by atomic mass is 10.1. The summed E-state index contributed by atoms with van der Waals surface area (Å²) in [5.74, 6) is 0.598. The zero-order valence-electron chi connectivity index (χ0n) is 9.94. The van der Waals surface area contributed by atoms with Gasteiger partial charge in [-0.15, -0.1) is 21.5 Å². The number of nitriles is 1. The molecule has 0 radical (unpaired) electrons. The second kappa shape index (κ2) is 5.04. The molecule has 0 saturated heterocycles. The first-order chi connectivity index (χ1) is 8.50. The summed E-state index contributed by atoms with van der Waals surface area (Å²) in [4.78, 5) is 1.06. The minimum absolute atomic E-state index is 0.598. The molecule has 2 aromatic rings. The van der Waals surface area contributed by atoms with Crippen molar-refractivity contribution < 1.29 is 0 Å². The number of nitrogens with zero attached hydrogens (tertiary/aromatic N) is 3. The summed E-state index contributed by atoms with van der Waals surface area (Å²) < 4.78 is 1.04. The van der Waals surface area contributed by atoms with Crippen LogP contribution in [0, 0.1) is 11.3 Å². The number of nitrogens with one attached hydrogen (secondary N) is 1. The van der Waals surface area contributed by atoms with E-state index in [1.54, 1.807) is 25.2 Å². The molecule has 0 unspecified atom stereocenters. The third kappa shape index (κ3) is 3.06. The first-order valence-electron chi connectivity index (χ1n) is 5.28. The molecule has 0 aliphatic carbocycles. The molecule has 0 amide bonds. The Morgan fingerprint density at radius 3 is 2.67 bits per heavy atom. The van der Waals surface area contributed by atoms with Crippen molar-refractivity contribution in [3.63, 3.8) is 0 Å². The topological polar surface area (TPSA) is 61.6 Å². The van der Waals surface area contributed by atoms with Crippen molar-refractivity contribution in [2.24, 2.45) is 0 Å². The van der Waals surface area contributed by atoms with Crippen molar-refractivity contribution in [1.29, 1.82) is 5.26 Å². The van der Waals surface area contributed by atoms with Crippen molar-refractivity contribution in [2.45, 2.75) is 19.4 Å². The van der Waals surface area contributed by atoms with E-state index in [1.807, 2.05) is 23.6 Å². The number of hydrogen-bond acceptors (Lipinski definition) is 5. The maximum atomic E-state index is 8.93. The highest BCUT2D eigenvalue weighted by Gasteiger charge is 2.16. The molecule has 0 aromatic carbocycles. The monoisotopic (exact) mass is 322 g/mol. The number of anilines is 1. The Morgan fingerprint density at radius 1 is 1.39 bits per heavy atom. The Kier molecular flexibility index (Phi) is 3.64. The zero-order chi connectivity index (χ0) is 13.2. The van der Waals surface area contributed by atoms with E-state index in [9.17, 15) is 0 Å². The van der Waals surface area contributed by atoms with Gasteiger partial charge in [-0.25, -0.2) is 0 Å². The zero-order valence-corrected chi connectivity index (χ0v) is 12.3. The van der Waals surface area contributed by atoms with Gasteiger partial charge in [-0.2, -0.15) is 5.26 Å². The summed E-state index contributed by atoms with van der Waals surface area (Å²) in [7, 11) is 0. The Balaban J connectivity index is 2.18. The van der Waals surface area contributed by atoms with Gasteiger partial charge in [-0.3, -0.25) is 0 Å². The van der Waals surface area contributed by atoms with Gasteiger partial charge >= 0.3 is 0 Å². The molecule has 0 fully saturated rings. The van der Waals surface area contributed by atoms with Gasteiger partial charge in [0.25, 0.3) is 0 Å². The minimum Gasteiger partial charge on any atom is -0.351 e. The molecule has 0 bridgehead atoms. The predicted molar refractivity (Wildman–Crippen MR) is 76.4 cm³/mol. The van der Waals surface area contributed by atoms with E-state index < -0.39 is 5.54 Å². The highest BCUT2D eigenvalue weighted by molar-refractivity contribution is 9.10. The standard InChI is InChI=1S/C12H11BrN4S/c1-12(2,7-14)15-11-4-3-9(16-17-11)10-5-8(13)6-18-10/h3-6H,1-2H3,(H,15,17). The molecular formula is C12H11BrN4S. The van der Waals surface area contributed by atoms with Gasteiger partial charge in [0.05, 0.1) is 10.9 Å². The Labute approximate surface area is 118 Å². The van der Waals surface area contributed by atoms with Crippen molar-refractivity contribution >= 4 is 33.1 Å². The van der Waals surface area contributed by atoms with E-state index in [1.165, 1.54) is 0 Å². The summed E-state index contributed by atoms with van der Waals surface area (Å²) in [6, 6.07) is 7.88. The molecule has 0 aliphatic rings. The van der Waals surface area contributed by atoms with Crippen LogP contribution in [0.2, 0.25) is 0 Å². The maximum absolute atomic E-state index is 8.93. The third-order valence-electron chi connectivity index (χ3n) is 2.20. The van der Waals surface area contributed by atoms with Crippen LogP contribution in [0.5, 0.6) is 0 Å². The van der Waals surface area contributed by atoms with Crippen LogP contribution in [0.1, 0.15) is 13.8 Å². The molecule has 18 heavy (non-hydrogen) atoms. The van der Waals surface area contributed by atoms with Crippen molar-refractivity contribution in [3.05, 3.63) is 28.1 Å². The molecule has 0 atom stereocenters. The minimum atomic E-state index is -0.651. The van der Waals surface area contributed by atoms with Gasteiger partial charge in [-0.1, -0.05) is 0 Å². The van der Waals surface area contributed by atoms with Crippen LogP contribution >= 0.6 is 27.3 Å². The fourth-order valence-electron chi connectivity index (χ4n) is 1.33. The van der Waals surface area contributed by atoms with Crippen LogP contribution in [-0.4, -0.2) is 15.7 Å². The molecule has 1 N–H and O–H groups in total. The van der Waals surface area contributed by atoms with Gasteiger partial charge in [0.15, 0.2) is 0 Å². The van der Waals surface area contributed by atoms with Crippen LogP contribution in [0.15, 0.2) is 28.1 Å². The van der Waals surface area contributed by atoms with Gasteiger partial charge in [0.1, 0.15) is 17.1 Å². The Bertz CT molecular complexity index is 583. The molecule has 0 spiro atoms. The van der Waals surface area contributed by atoms with E-state index in [0.717, 1.165) is 15.0 Å². The number of aromatic nitrogens is 2. The van der Waals surface area contributed by atoms with Crippen molar-refractivity contribution in [1.82, 2.24) is 10.2 Å². The first kappa shape index (κ1) is 13.0. The Morgan fingerprint density at radius 2 is 2.17 bits per heavy atom. The van der Waals surface area contributed by atoms with Crippen LogP contribution in [-0.2, 0) is 0 Å². The molecule has 0 aliphatic heterocycles. The second-order valence-corrected chi connectivity index (χ2v) is 6.12. The molecule has 0 saturated carbocycles. The quantitative estimate of drug-likeness (QED) is 0.936. The van der Waals surface area contributed by atoms with Gasteiger partial charge in [-0.05, 0) is 48.0 Å². The van der Waals surface area contributed by atoms with Crippen LogP contribution in [0.4, 0.5) is 5.82 Å². The van der Waals surface area contributed by atoms with E-state index in [-0.39, 0.29) is 0 Å². The number of thiophene rings is 1. The molecule has 6 heteroatoms. The lowest BCUT2D eigenvalue weighted by Crippen LogP contribution is -2.29. The van der Waals surface area contributed by atoms with E-state index >= 15 is 0 Å². The molecule has 92 valence electrons. The number of halogens is 1. The van der Waals surface area contributed by atoms with Crippen molar-refractivity contribution in [3.8, 4) is 16.6 Å². The molecule has 2 heterocycles. The fraction of sp³-hybridized carbons (Fsp3) is 0.250. The van der Waals surface area contributed by atoms with Gasteiger partial charge in [0, 0.05) is 9.85 Å². The fourth-order valence-corrected chi connectivity index (χ4v) is 2.72. The van der Waals surface area contributed by atoms with Crippen LogP contribution in [0.3, 0.4) is 0 Å². The lowest BCUT2D eigenvalue weighted by Gasteiger charge is -2.17. The van der Waals surface area contributed by atoms with Gasteiger partial charge in [0.2, 0.25) is 0 Å². The SMILES string of the molecule is CC(C)(C#N)Nc1ccc(-c2cc(Br)cs2)nn1. The van der Waals surface area contributed by atoms with E-state index in [0.29, 0.717) is 5.82 Å². The molecule has 2 aromatic heterocycles. The van der Waals surface area contributed by atoms with Crippen LogP contribution < -0.4 is 5.32 Å². The number of rotatable bonds is 3. The molecule has 2 rings (SSSR count). The highest BCUT2D eigenvalue weighted by atomic mass is 79.9. The summed E-state index contributed by atoms with van der Waals surface area (Å²) in [6.45, 7) is 3.58. The molecule has 4 nitrogen and oxygen atoms in total. The predicted octanol–water partition coefficient (Wildman–Crippen LogP) is 3.68. The second-order valence-electron chi connectivity index (χ2n) is 4.29. The maximum Gasteiger partial charge on any atom is 0.149 e. The average molecular weight is 323 g/mol. The average Bonchev–Trinajstić information content (AvgIpc) is 2.76. The Hall–Kier alpha value is -1.45. The highest BCUT2D eigenvalue weighted by Crippen LogP contribution is 2.28. The number of hydrogen-bond donors (Lipinski definition) is 1. The summed E-state index contributed by atoms with van der Waals surface area (Å²) in [5.41, 5.74) is 0.174. The molecular weight excluding hydrogens is 312 g/mol. The van der Waals surface area contributed by atoms with Crippen molar-refractivity contribution in [2.75, 3.05) is 5.32 Å².